The van der Waals surface area contributed by atoms with E-state index in [0.29, 0.717) is 47.2 Å². The molecule has 1 aromatic carbocycles. The number of nitrogens with zero attached hydrogens (tertiary/aromatic N) is 2. The van der Waals surface area contributed by atoms with E-state index in [9.17, 15) is 14.4 Å². The fourth-order valence-corrected chi connectivity index (χ4v) is 6.20. The number of hydrazine groups is 1. The molecule has 0 spiro atoms. The van der Waals surface area contributed by atoms with E-state index >= 15 is 0 Å². The first kappa shape index (κ1) is 26.0. The molecule has 2 amide bonds. The van der Waals surface area contributed by atoms with Crippen molar-refractivity contribution in [3.63, 3.8) is 0 Å². The van der Waals surface area contributed by atoms with E-state index in [1.54, 1.807) is 35.1 Å². The van der Waals surface area contributed by atoms with Gasteiger partial charge in [0, 0.05) is 30.7 Å². The Balaban J connectivity index is 1.44. The molecule has 0 bridgehead atoms. The van der Waals surface area contributed by atoms with E-state index in [-0.39, 0.29) is 11.3 Å². The second kappa shape index (κ2) is 11.8. The molecule has 10 nitrogen and oxygen atoms in total. The Hall–Kier alpha value is -3.09. The summed E-state index contributed by atoms with van der Waals surface area (Å²) in [6, 6.07) is 4.69. The van der Waals surface area contributed by atoms with Crippen molar-refractivity contribution in [2.75, 3.05) is 33.7 Å². The maximum Gasteiger partial charge on any atom is 0.269 e. The number of carbonyl (C=O) groups excluding carboxylic acids is 2. The van der Waals surface area contributed by atoms with Crippen LogP contribution in [0.3, 0.4) is 0 Å². The first-order valence-corrected chi connectivity index (χ1v) is 13.2. The van der Waals surface area contributed by atoms with Gasteiger partial charge in [-0.25, -0.2) is 4.98 Å². The van der Waals surface area contributed by atoms with Crippen molar-refractivity contribution in [1.82, 2.24) is 20.4 Å². The molecule has 3 aromatic rings. The average molecular weight is 533 g/mol. The SMILES string of the molecule is COCCCn1c(SCC(=O)NNC(=O)c2ccc(OC)c(OC)c2)nc2sc3c(c2c1=O)CCC3. The van der Waals surface area contributed by atoms with Gasteiger partial charge in [-0.3, -0.25) is 29.8 Å². The summed E-state index contributed by atoms with van der Waals surface area (Å²) in [7, 11) is 4.60. The van der Waals surface area contributed by atoms with Gasteiger partial charge in [0.05, 0.1) is 25.4 Å². The van der Waals surface area contributed by atoms with Crippen LogP contribution in [0.4, 0.5) is 0 Å². The van der Waals surface area contributed by atoms with Gasteiger partial charge in [-0.1, -0.05) is 11.8 Å². The molecular weight excluding hydrogens is 504 g/mol. The van der Waals surface area contributed by atoms with Crippen LogP contribution in [0.1, 0.15) is 33.6 Å². The highest BCUT2D eigenvalue weighted by atomic mass is 32.2. The van der Waals surface area contributed by atoms with E-state index in [1.165, 1.54) is 25.2 Å². The van der Waals surface area contributed by atoms with E-state index in [0.717, 1.165) is 41.4 Å². The molecule has 2 aromatic heterocycles. The number of thiophene rings is 1. The van der Waals surface area contributed by atoms with Crippen molar-refractivity contribution in [2.24, 2.45) is 0 Å². The topological polar surface area (TPSA) is 121 Å². The molecule has 0 unspecified atom stereocenters. The van der Waals surface area contributed by atoms with Crippen molar-refractivity contribution < 1.29 is 23.8 Å². The van der Waals surface area contributed by atoms with Crippen molar-refractivity contribution in [3.05, 3.63) is 44.6 Å². The van der Waals surface area contributed by atoms with Gasteiger partial charge in [-0.2, -0.15) is 0 Å². The van der Waals surface area contributed by atoms with Crippen molar-refractivity contribution in [1.29, 1.82) is 0 Å². The molecule has 12 heteroatoms. The number of rotatable bonds is 10. The average Bonchev–Trinajstić information content (AvgIpc) is 3.48. The number of thioether (sulfide) groups is 1. The number of ether oxygens (including phenoxy) is 3. The molecule has 1 aliphatic carbocycles. The normalized spacial score (nSPS) is 12.4. The molecule has 4 rings (SSSR count). The van der Waals surface area contributed by atoms with Crippen LogP contribution >= 0.6 is 23.1 Å². The van der Waals surface area contributed by atoms with Crippen molar-refractivity contribution >= 4 is 45.1 Å². The largest absolute Gasteiger partial charge is 0.493 e. The third-order valence-corrected chi connectivity index (χ3v) is 7.98. The first-order chi connectivity index (χ1) is 17.5. The Morgan fingerprint density at radius 2 is 1.94 bits per heavy atom. The van der Waals surface area contributed by atoms with Crippen LogP contribution in [-0.2, 0) is 28.9 Å². The second-order valence-electron chi connectivity index (χ2n) is 8.10. The number of hydrogen-bond donors (Lipinski definition) is 2. The van der Waals surface area contributed by atoms with E-state index < -0.39 is 11.8 Å². The summed E-state index contributed by atoms with van der Waals surface area (Å²) in [6.45, 7) is 0.958. The van der Waals surface area contributed by atoms with Crippen LogP contribution in [0, 0.1) is 0 Å². The summed E-state index contributed by atoms with van der Waals surface area (Å²) in [5.41, 5.74) is 6.16. The van der Waals surface area contributed by atoms with Gasteiger partial charge in [-0.15, -0.1) is 11.3 Å². The van der Waals surface area contributed by atoms with Crippen LogP contribution in [0.2, 0.25) is 0 Å². The molecule has 0 saturated heterocycles. The van der Waals surface area contributed by atoms with E-state index in [2.05, 4.69) is 10.9 Å². The van der Waals surface area contributed by atoms with Gasteiger partial charge in [0.2, 0.25) is 5.91 Å². The Morgan fingerprint density at radius 3 is 2.69 bits per heavy atom. The number of aryl methyl sites for hydroxylation is 2. The van der Waals surface area contributed by atoms with Crippen LogP contribution in [0.5, 0.6) is 11.5 Å². The lowest BCUT2D eigenvalue weighted by Crippen LogP contribution is -2.42. The molecular formula is C24H28N4O6S2. The van der Waals surface area contributed by atoms with Crippen LogP contribution in [0.25, 0.3) is 10.2 Å². The van der Waals surface area contributed by atoms with Crippen LogP contribution in [-0.4, -0.2) is 55.1 Å². The quantitative estimate of drug-likeness (QED) is 0.177. The van der Waals surface area contributed by atoms with Gasteiger partial charge in [0.1, 0.15) is 4.83 Å². The zero-order chi connectivity index (χ0) is 25.7. The minimum atomic E-state index is -0.501. The summed E-state index contributed by atoms with van der Waals surface area (Å²) in [5.74, 6) is -0.0656. The number of amides is 2. The Labute approximate surface area is 216 Å². The number of aromatic nitrogens is 2. The van der Waals surface area contributed by atoms with Gasteiger partial charge in [-0.05, 0) is 49.4 Å². The fraction of sp³-hybridized carbons (Fsp3) is 0.417. The maximum atomic E-state index is 13.4. The summed E-state index contributed by atoms with van der Waals surface area (Å²) in [5, 5.41) is 1.19. The van der Waals surface area contributed by atoms with Crippen molar-refractivity contribution in [3.8, 4) is 11.5 Å². The zero-order valence-corrected chi connectivity index (χ0v) is 22.0. The summed E-state index contributed by atoms with van der Waals surface area (Å²) >= 11 is 2.72. The summed E-state index contributed by atoms with van der Waals surface area (Å²) in [6.07, 6.45) is 3.59. The number of fused-ring (bicyclic) bond motifs is 3. The molecule has 2 N–H and O–H groups in total. The number of benzene rings is 1. The van der Waals surface area contributed by atoms with Gasteiger partial charge in [0.25, 0.3) is 11.5 Å². The molecule has 0 radical (unpaired) electrons. The highest BCUT2D eigenvalue weighted by Gasteiger charge is 2.23. The molecule has 2 heterocycles. The number of carbonyl (C=O) groups is 2. The minimum Gasteiger partial charge on any atom is -0.493 e. The predicted molar refractivity (Wildman–Crippen MR) is 138 cm³/mol. The smallest absolute Gasteiger partial charge is 0.269 e. The van der Waals surface area contributed by atoms with Gasteiger partial charge >= 0.3 is 0 Å². The molecule has 0 atom stereocenters. The first-order valence-electron chi connectivity index (χ1n) is 11.4. The zero-order valence-electron chi connectivity index (χ0n) is 20.3. The number of hydrogen-bond acceptors (Lipinski definition) is 9. The number of methoxy groups -OCH3 is 3. The lowest BCUT2D eigenvalue weighted by atomic mass is 10.2. The number of nitrogens with one attached hydrogen (secondary N) is 2. The van der Waals surface area contributed by atoms with Gasteiger partial charge < -0.3 is 14.2 Å². The molecule has 36 heavy (non-hydrogen) atoms. The highest BCUT2D eigenvalue weighted by Crippen LogP contribution is 2.35. The van der Waals surface area contributed by atoms with Gasteiger partial charge in [0.15, 0.2) is 16.7 Å². The van der Waals surface area contributed by atoms with Crippen LogP contribution in [0.15, 0.2) is 28.2 Å². The van der Waals surface area contributed by atoms with E-state index in [1.807, 2.05) is 0 Å². The molecule has 1 aliphatic rings. The summed E-state index contributed by atoms with van der Waals surface area (Å²) < 4.78 is 17.2. The van der Waals surface area contributed by atoms with Crippen molar-refractivity contribution in [2.45, 2.75) is 37.4 Å². The minimum absolute atomic E-state index is 0.0282. The Kier molecular flexibility index (Phi) is 8.49. The van der Waals surface area contributed by atoms with Crippen LogP contribution < -0.4 is 25.9 Å². The third-order valence-electron chi connectivity index (χ3n) is 5.81. The Bertz CT molecular complexity index is 1340. The molecule has 0 aliphatic heterocycles. The standard InChI is InChI=1S/C24H28N4O6S2/c1-32-11-5-10-28-23(31)20-15-6-4-7-18(15)36-22(20)25-24(28)35-13-19(29)26-27-21(30)14-8-9-16(33-2)17(12-14)34-3/h8-9,12H,4-7,10-11,13H2,1-3H3,(H,26,29)(H,27,30). The third kappa shape index (κ3) is 5.50. The molecule has 0 fully saturated rings. The summed E-state index contributed by atoms with van der Waals surface area (Å²) in [4.78, 5) is 45.0. The fourth-order valence-electron chi connectivity index (χ4n) is 4.07. The van der Waals surface area contributed by atoms with E-state index in [4.69, 9.17) is 19.2 Å². The molecule has 192 valence electrons. The maximum absolute atomic E-state index is 13.4. The Morgan fingerprint density at radius 1 is 1.14 bits per heavy atom. The monoisotopic (exact) mass is 532 g/mol. The molecule has 0 saturated carbocycles. The highest BCUT2D eigenvalue weighted by molar-refractivity contribution is 7.99. The predicted octanol–water partition coefficient (Wildman–Crippen LogP) is 2.55. The lowest BCUT2D eigenvalue weighted by Gasteiger charge is -2.13. The lowest BCUT2D eigenvalue weighted by molar-refractivity contribution is -0.119. The second-order valence-corrected chi connectivity index (χ2v) is 10.1.